The Labute approximate surface area is 231 Å². The van der Waals surface area contributed by atoms with Gasteiger partial charge >= 0.3 is 12.2 Å². The van der Waals surface area contributed by atoms with E-state index in [4.69, 9.17) is 4.74 Å². The van der Waals surface area contributed by atoms with Crippen molar-refractivity contribution < 1.29 is 36.3 Å². The molecule has 2 aliphatic rings. The molecule has 222 valence electrons. The van der Waals surface area contributed by atoms with Gasteiger partial charge in [0.15, 0.2) is 5.65 Å². The van der Waals surface area contributed by atoms with Crippen LogP contribution in [0.25, 0.3) is 5.65 Å². The van der Waals surface area contributed by atoms with Crippen LogP contribution in [-0.4, -0.2) is 79.6 Å². The Morgan fingerprint density at radius 2 is 2.00 bits per heavy atom. The van der Waals surface area contributed by atoms with E-state index in [-0.39, 0.29) is 43.9 Å². The lowest BCUT2D eigenvalue weighted by Crippen LogP contribution is -2.40. The maximum atomic E-state index is 13.9. The smallest absolute Gasteiger partial charge is 0.382 e. The van der Waals surface area contributed by atoms with Crippen LogP contribution in [-0.2, 0) is 11.8 Å². The summed E-state index contributed by atoms with van der Waals surface area (Å²) in [5, 5.41) is 13.2. The Balaban J connectivity index is 1.45. The number of carbonyl (C=O) groups is 2. The van der Waals surface area contributed by atoms with Gasteiger partial charge in [-0.2, -0.15) is 23.4 Å². The van der Waals surface area contributed by atoms with Crippen LogP contribution in [0.5, 0.6) is 0 Å². The molecule has 0 bridgehead atoms. The first kappa shape index (κ1) is 28.7. The highest BCUT2D eigenvalue weighted by Gasteiger charge is 2.48. The highest BCUT2D eigenvalue weighted by Crippen LogP contribution is 2.41. The fourth-order valence-electron chi connectivity index (χ4n) is 5.42. The predicted molar refractivity (Wildman–Crippen MR) is 133 cm³/mol. The summed E-state index contributed by atoms with van der Waals surface area (Å²) >= 11 is 0. The number of nitrogens with zero attached hydrogens (tertiary/aromatic N) is 6. The van der Waals surface area contributed by atoms with E-state index in [1.54, 1.807) is 19.3 Å². The SMILES string of the molecule is COCC(c1cnn2cc(C(NC(=O)c3ccnn3C)C3CCC(F)(F)CC3)nc2c1)N1C[C@@H](C(F)(F)F)NC1=O. The van der Waals surface area contributed by atoms with Crippen molar-refractivity contribution in [1.82, 2.24) is 39.9 Å². The van der Waals surface area contributed by atoms with Gasteiger partial charge in [-0.25, -0.2) is 23.1 Å². The molecule has 4 heterocycles. The number of fused-ring (bicyclic) bond motifs is 1. The second-order valence-corrected chi connectivity index (χ2v) is 10.4. The first-order valence-electron chi connectivity index (χ1n) is 13.0. The number of methoxy groups -OCH3 is 1. The maximum absolute atomic E-state index is 13.9. The number of aryl methyl sites for hydroxylation is 1. The van der Waals surface area contributed by atoms with E-state index in [2.05, 4.69) is 20.5 Å². The number of halogens is 5. The highest BCUT2D eigenvalue weighted by atomic mass is 19.4. The van der Waals surface area contributed by atoms with Crippen LogP contribution in [0.2, 0.25) is 0 Å². The molecule has 2 unspecified atom stereocenters. The van der Waals surface area contributed by atoms with Crippen LogP contribution in [0.1, 0.15) is 59.5 Å². The van der Waals surface area contributed by atoms with Crippen molar-refractivity contribution in [2.24, 2.45) is 13.0 Å². The third-order valence-electron chi connectivity index (χ3n) is 7.67. The molecule has 3 amide bonds. The molecule has 0 spiro atoms. The number of ether oxygens (including phenoxy) is 1. The number of carbonyl (C=O) groups excluding carboxylic acids is 2. The van der Waals surface area contributed by atoms with Crippen LogP contribution in [0.15, 0.2) is 30.7 Å². The van der Waals surface area contributed by atoms with Crippen LogP contribution in [0, 0.1) is 5.92 Å². The molecule has 3 aromatic rings. The van der Waals surface area contributed by atoms with Gasteiger partial charge in [-0.1, -0.05) is 0 Å². The lowest BCUT2D eigenvalue weighted by atomic mass is 9.81. The molecule has 1 saturated heterocycles. The van der Waals surface area contributed by atoms with E-state index in [9.17, 15) is 31.5 Å². The quantitative estimate of drug-likeness (QED) is 0.392. The van der Waals surface area contributed by atoms with Gasteiger partial charge in [-0.05, 0) is 30.9 Å². The summed E-state index contributed by atoms with van der Waals surface area (Å²) in [5.41, 5.74) is 1.36. The van der Waals surface area contributed by atoms with E-state index in [0.717, 1.165) is 4.90 Å². The average molecular weight is 585 g/mol. The molecule has 3 atom stereocenters. The van der Waals surface area contributed by atoms with Crippen molar-refractivity contribution in [1.29, 1.82) is 0 Å². The second kappa shape index (κ2) is 10.9. The van der Waals surface area contributed by atoms with E-state index in [1.165, 1.54) is 34.8 Å². The van der Waals surface area contributed by atoms with Gasteiger partial charge in [0.25, 0.3) is 5.91 Å². The lowest BCUT2D eigenvalue weighted by Gasteiger charge is -2.33. The Hall–Kier alpha value is -3.82. The number of aromatic nitrogens is 5. The van der Waals surface area contributed by atoms with Gasteiger partial charge in [0.05, 0.1) is 43.3 Å². The van der Waals surface area contributed by atoms with Crippen LogP contribution < -0.4 is 10.6 Å². The summed E-state index contributed by atoms with van der Waals surface area (Å²) in [6.45, 7) is -0.696. The summed E-state index contributed by atoms with van der Waals surface area (Å²) in [4.78, 5) is 31.2. The zero-order chi connectivity index (χ0) is 29.5. The summed E-state index contributed by atoms with van der Waals surface area (Å²) in [6, 6.07) is -1.40. The molecule has 0 radical (unpaired) electrons. The van der Waals surface area contributed by atoms with Crippen molar-refractivity contribution in [3.8, 4) is 0 Å². The molecule has 1 saturated carbocycles. The molecule has 2 N–H and O–H groups in total. The molecule has 2 fully saturated rings. The molecular weight excluding hydrogens is 555 g/mol. The number of urea groups is 1. The average Bonchev–Trinajstić information content (AvgIpc) is 3.63. The third kappa shape index (κ3) is 5.96. The van der Waals surface area contributed by atoms with E-state index in [1.807, 2.05) is 5.32 Å². The number of nitrogens with one attached hydrogen (secondary N) is 2. The number of rotatable bonds is 8. The van der Waals surface area contributed by atoms with E-state index >= 15 is 0 Å². The zero-order valence-electron chi connectivity index (χ0n) is 22.2. The number of amides is 3. The summed E-state index contributed by atoms with van der Waals surface area (Å²) in [5.74, 6) is -3.55. The summed E-state index contributed by atoms with van der Waals surface area (Å²) in [7, 11) is 2.97. The van der Waals surface area contributed by atoms with Gasteiger partial charge in [0.1, 0.15) is 11.7 Å². The van der Waals surface area contributed by atoms with Crippen LogP contribution >= 0.6 is 0 Å². The van der Waals surface area contributed by atoms with Crippen LogP contribution in [0.4, 0.5) is 26.7 Å². The molecule has 16 heteroatoms. The zero-order valence-corrected chi connectivity index (χ0v) is 22.2. The summed E-state index contributed by atoms with van der Waals surface area (Å²) in [6.07, 6.45) is -0.474. The van der Waals surface area contributed by atoms with E-state index in [0.29, 0.717) is 16.9 Å². The highest BCUT2D eigenvalue weighted by molar-refractivity contribution is 5.92. The largest absolute Gasteiger partial charge is 0.410 e. The minimum atomic E-state index is -4.61. The summed E-state index contributed by atoms with van der Waals surface area (Å²) < 4.78 is 75.7. The van der Waals surface area contributed by atoms with Crippen molar-refractivity contribution in [3.05, 3.63) is 47.7 Å². The third-order valence-corrected chi connectivity index (χ3v) is 7.67. The topological polar surface area (TPSA) is 119 Å². The normalized spacial score (nSPS) is 21.2. The fraction of sp³-hybridized carbons (Fsp3) is 0.560. The number of imidazole rings is 1. The van der Waals surface area contributed by atoms with Crippen LogP contribution in [0.3, 0.4) is 0 Å². The molecule has 11 nitrogen and oxygen atoms in total. The van der Waals surface area contributed by atoms with Crippen molar-refractivity contribution in [2.75, 3.05) is 20.3 Å². The molecule has 0 aromatic carbocycles. The van der Waals surface area contributed by atoms with Crippen molar-refractivity contribution in [3.63, 3.8) is 0 Å². The number of hydrogen-bond acceptors (Lipinski definition) is 6. The fourth-order valence-corrected chi connectivity index (χ4v) is 5.42. The predicted octanol–water partition coefficient (Wildman–Crippen LogP) is 3.40. The molecule has 3 aromatic heterocycles. The first-order valence-corrected chi connectivity index (χ1v) is 13.0. The lowest BCUT2D eigenvalue weighted by molar-refractivity contribution is -0.150. The Bertz CT molecular complexity index is 1410. The Morgan fingerprint density at radius 1 is 1.27 bits per heavy atom. The first-order chi connectivity index (χ1) is 19.4. The van der Waals surface area contributed by atoms with Gasteiger partial charge in [-0.15, -0.1) is 0 Å². The van der Waals surface area contributed by atoms with Crippen molar-refractivity contribution in [2.45, 2.75) is 55.9 Å². The maximum Gasteiger partial charge on any atom is 0.410 e. The Morgan fingerprint density at radius 3 is 2.61 bits per heavy atom. The molecule has 1 aliphatic carbocycles. The molecule has 1 aliphatic heterocycles. The van der Waals surface area contributed by atoms with Crippen molar-refractivity contribution >= 4 is 17.6 Å². The van der Waals surface area contributed by atoms with Gasteiger partial charge in [-0.3, -0.25) is 9.48 Å². The van der Waals surface area contributed by atoms with Gasteiger partial charge < -0.3 is 20.3 Å². The molecule has 5 rings (SSSR count). The number of hydrogen-bond donors (Lipinski definition) is 2. The Kier molecular flexibility index (Phi) is 7.61. The standard InChI is InChI=1S/C25H29F5N8O3/c1-36-17(5-8-31-36)22(39)35-21(14-3-6-24(26,27)7-4-14)16-11-38-20(33-16)9-15(10-32-38)18(13-41-2)37-12-19(25(28,29)30)34-23(37)40/h5,8-11,14,18-19,21H,3-4,6-7,12-13H2,1-2H3,(H,34,40)(H,35,39)/t18?,19-,21?/m0/s1. The van der Waals surface area contributed by atoms with E-state index < -0.39 is 48.7 Å². The minimum Gasteiger partial charge on any atom is -0.382 e. The monoisotopic (exact) mass is 584 g/mol. The second-order valence-electron chi connectivity index (χ2n) is 10.4. The number of alkyl halides is 5. The van der Waals surface area contributed by atoms with Gasteiger partial charge in [0.2, 0.25) is 5.92 Å². The minimum absolute atomic E-state index is 0.0942. The molecule has 41 heavy (non-hydrogen) atoms. The molecular formula is C25H29F5N8O3. The van der Waals surface area contributed by atoms with Gasteiger partial charge in [0, 0.05) is 38.8 Å².